The van der Waals surface area contributed by atoms with Gasteiger partial charge in [0.1, 0.15) is 0 Å². The summed E-state index contributed by atoms with van der Waals surface area (Å²) in [5, 5.41) is 4.49. The molecule has 2 atom stereocenters. The van der Waals surface area contributed by atoms with E-state index in [-0.39, 0.29) is 0 Å². The van der Waals surface area contributed by atoms with Crippen LogP contribution in [0.1, 0.15) is 33.1 Å². The fraction of sp³-hybridized carbons (Fsp3) is 1.00. The number of rotatable bonds is 7. The Labute approximate surface area is 97.2 Å². The molecule has 14 heavy (non-hydrogen) atoms. The van der Waals surface area contributed by atoms with Gasteiger partial charge < -0.3 is 5.32 Å². The van der Waals surface area contributed by atoms with Crippen molar-refractivity contribution in [1.29, 1.82) is 0 Å². The van der Waals surface area contributed by atoms with Crippen molar-refractivity contribution in [2.45, 2.75) is 44.4 Å². The molecule has 1 rings (SSSR count). The molecule has 0 amide bonds. The molecular formula is C11H23NS2. The van der Waals surface area contributed by atoms with Gasteiger partial charge in [0.05, 0.1) is 0 Å². The van der Waals surface area contributed by atoms with Gasteiger partial charge in [0.25, 0.3) is 0 Å². The van der Waals surface area contributed by atoms with Crippen molar-refractivity contribution in [3.05, 3.63) is 0 Å². The lowest BCUT2D eigenvalue weighted by atomic mass is 10.1. The standard InChI is InChI=1S/C11H23NS2/c1-3-12-10-8-11(14-9-10)6-5-7-13-4-2/h10-12H,3-9H2,1-2H3. The van der Waals surface area contributed by atoms with Gasteiger partial charge >= 0.3 is 0 Å². The van der Waals surface area contributed by atoms with Gasteiger partial charge in [0.2, 0.25) is 0 Å². The average molecular weight is 233 g/mol. The van der Waals surface area contributed by atoms with Crippen LogP contribution in [0.3, 0.4) is 0 Å². The fourth-order valence-electron chi connectivity index (χ4n) is 1.90. The van der Waals surface area contributed by atoms with E-state index in [0.717, 1.165) is 17.8 Å². The molecule has 0 aromatic rings. The van der Waals surface area contributed by atoms with E-state index >= 15 is 0 Å². The summed E-state index contributed by atoms with van der Waals surface area (Å²) in [7, 11) is 0. The molecule has 2 unspecified atom stereocenters. The molecule has 1 nitrogen and oxygen atoms in total. The zero-order valence-corrected chi connectivity index (χ0v) is 11.1. The third-order valence-electron chi connectivity index (χ3n) is 2.59. The van der Waals surface area contributed by atoms with Gasteiger partial charge in [-0.15, -0.1) is 0 Å². The Hall–Kier alpha value is 0.660. The normalized spacial score (nSPS) is 27.0. The minimum Gasteiger partial charge on any atom is -0.313 e. The van der Waals surface area contributed by atoms with E-state index in [2.05, 4.69) is 42.7 Å². The summed E-state index contributed by atoms with van der Waals surface area (Å²) in [4.78, 5) is 0. The fourth-order valence-corrected chi connectivity index (χ4v) is 4.01. The van der Waals surface area contributed by atoms with Crippen LogP contribution in [0.2, 0.25) is 0 Å². The molecule has 0 radical (unpaired) electrons. The predicted molar refractivity (Wildman–Crippen MR) is 70.6 cm³/mol. The van der Waals surface area contributed by atoms with Crippen molar-refractivity contribution < 1.29 is 0 Å². The Balaban J connectivity index is 1.98. The Morgan fingerprint density at radius 2 is 2.29 bits per heavy atom. The van der Waals surface area contributed by atoms with Crippen LogP contribution in [0.5, 0.6) is 0 Å². The molecule has 1 heterocycles. The highest BCUT2D eigenvalue weighted by Crippen LogP contribution is 2.30. The van der Waals surface area contributed by atoms with Gasteiger partial charge in [0, 0.05) is 17.0 Å². The highest BCUT2D eigenvalue weighted by atomic mass is 32.2. The summed E-state index contributed by atoms with van der Waals surface area (Å²) in [5.41, 5.74) is 0. The third kappa shape index (κ3) is 4.94. The Kier molecular flexibility index (Phi) is 7.17. The molecule has 0 aliphatic carbocycles. The molecule has 3 heteroatoms. The van der Waals surface area contributed by atoms with Crippen LogP contribution in [0, 0.1) is 0 Å². The van der Waals surface area contributed by atoms with Crippen LogP contribution in [-0.2, 0) is 0 Å². The Morgan fingerprint density at radius 3 is 3.00 bits per heavy atom. The molecule has 0 spiro atoms. The first-order valence-corrected chi connectivity index (χ1v) is 7.99. The van der Waals surface area contributed by atoms with E-state index < -0.39 is 0 Å². The van der Waals surface area contributed by atoms with Gasteiger partial charge in [-0.3, -0.25) is 0 Å². The smallest absolute Gasteiger partial charge is 0.0168 e. The molecule has 0 aromatic heterocycles. The summed E-state index contributed by atoms with van der Waals surface area (Å²) in [6, 6.07) is 0.800. The molecule has 1 fully saturated rings. The van der Waals surface area contributed by atoms with Crippen molar-refractivity contribution in [2.24, 2.45) is 0 Å². The second-order valence-corrected chi connectivity index (χ2v) is 6.51. The van der Waals surface area contributed by atoms with E-state index in [1.165, 1.54) is 36.5 Å². The molecular weight excluding hydrogens is 210 g/mol. The van der Waals surface area contributed by atoms with Crippen LogP contribution in [0.15, 0.2) is 0 Å². The van der Waals surface area contributed by atoms with Crippen LogP contribution in [0.4, 0.5) is 0 Å². The van der Waals surface area contributed by atoms with Gasteiger partial charge in [-0.2, -0.15) is 23.5 Å². The van der Waals surface area contributed by atoms with E-state index in [4.69, 9.17) is 0 Å². The molecule has 1 aliphatic heterocycles. The van der Waals surface area contributed by atoms with Gasteiger partial charge in [-0.1, -0.05) is 13.8 Å². The first kappa shape index (κ1) is 12.7. The van der Waals surface area contributed by atoms with Gasteiger partial charge in [0.15, 0.2) is 0 Å². The van der Waals surface area contributed by atoms with Crippen molar-refractivity contribution in [1.82, 2.24) is 5.32 Å². The maximum Gasteiger partial charge on any atom is 0.0168 e. The van der Waals surface area contributed by atoms with Crippen LogP contribution in [0.25, 0.3) is 0 Å². The molecule has 84 valence electrons. The summed E-state index contributed by atoms with van der Waals surface area (Å²) in [5.74, 6) is 3.97. The predicted octanol–water partition coefficient (Wildman–Crippen LogP) is 3.00. The minimum atomic E-state index is 0.800. The maximum absolute atomic E-state index is 3.55. The van der Waals surface area contributed by atoms with Crippen LogP contribution in [-0.4, -0.2) is 35.1 Å². The largest absolute Gasteiger partial charge is 0.313 e. The molecule has 0 saturated carbocycles. The molecule has 1 saturated heterocycles. The summed E-state index contributed by atoms with van der Waals surface area (Å²) >= 11 is 4.25. The minimum absolute atomic E-state index is 0.800. The first-order chi connectivity index (χ1) is 6.86. The topological polar surface area (TPSA) is 12.0 Å². The van der Waals surface area contributed by atoms with E-state index in [1.54, 1.807) is 0 Å². The number of hydrogen-bond acceptors (Lipinski definition) is 3. The lowest BCUT2D eigenvalue weighted by Crippen LogP contribution is -2.28. The van der Waals surface area contributed by atoms with Gasteiger partial charge in [-0.05, 0) is 37.3 Å². The monoisotopic (exact) mass is 233 g/mol. The second kappa shape index (κ2) is 7.89. The first-order valence-electron chi connectivity index (χ1n) is 5.79. The van der Waals surface area contributed by atoms with E-state index in [9.17, 15) is 0 Å². The highest BCUT2D eigenvalue weighted by Gasteiger charge is 2.23. The van der Waals surface area contributed by atoms with Crippen LogP contribution < -0.4 is 5.32 Å². The Bertz CT molecular complexity index is 141. The lowest BCUT2D eigenvalue weighted by molar-refractivity contribution is 0.537. The molecule has 0 bridgehead atoms. The van der Waals surface area contributed by atoms with E-state index in [0.29, 0.717) is 0 Å². The van der Waals surface area contributed by atoms with Crippen molar-refractivity contribution >= 4 is 23.5 Å². The average Bonchev–Trinajstić information content (AvgIpc) is 2.61. The zero-order chi connectivity index (χ0) is 10.2. The molecule has 1 aliphatic rings. The van der Waals surface area contributed by atoms with Crippen LogP contribution >= 0.6 is 23.5 Å². The number of thioether (sulfide) groups is 2. The number of hydrogen-bond donors (Lipinski definition) is 1. The quantitative estimate of drug-likeness (QED) is 0.679. The SMILES string of the molecule is CCNC1CSC(CCCSCC)C1. The van der Waals surface area contributed by atoms with Crippen molar-refractivity contribution in [2.75, 3.05) is 23.8 Å². The maximum atomic E-state index is 3.55. The highest BCUT2D eigenvalue weighted by molar-refractivity contribution is 8.00. The number of nitrogens with one attached hydrogen (secondary N) is 1. The zero-order valence-electron chi connectivity index (χ0n) is 9.42. The van der Waals surface area contributed by atoms with Gasteiger partial charge in [-0.25, -0.2) is 0 Å². The molecule has 0 aromatic carbocycles. The van der Waals surface area contributed by atoms with E-state index in [1.807, 2.05) is 0 Å². The third-order valence-corrected chi connectivity index (χ3v) is 5.07. The molecule has 1 N–H and O–H groups in total. The Morgan fingerprint density at radius 1 is 1.43 bits per heavy atom. The summed E-state index contributed by atoms with van der Waals surface area (Å²) in [6.45, 7) is 5.58. The van der Waals surface area contributed by atoms with Crippen molar-refractivity contribution in [3.8, 4) is 0 Å². The van der Waals surface area contributed by atoms with Crippen molar-refractivity contribution in [3.63, 3.8) is 0 Å². The lowest BCUT2D eigenvalue weighted by Gasteiger charge is -2.10. The summed E-state index contributed by atoms with van der Waals surface area (Å²) < 4.78 is 0. The second-order valence-electron chi connectivity index (χ2n) is 3.78. The summed E-state index contributed by atoms with van der Waals surface area (Å²) in [6.07, 6.45) is 4.24.